The molecule has 0 amide bonds. The SMILES string of the molecule is CCCCCCCCCCC(O)C[S+]([O-])CC. The number of aliphatic hydroxyl groups is 1. The molecule has 104 valence electrons. The van der Waals surface area contributed by atoms with Crippen molar-refractivity contribution >= 4 is 11.2 Å². The van der Waals surface area contributed by atoms with Gasteiger partial charge in [-0.05, 0) is 13.3 Å². The summed E-state index contributed by atoms with van der Waals surface area (Å²) in [6.45, 7) is 4.14. The summed E-state index contributed by atoms with van der Waals surface area (Å²) in [5.41, 5.74) is 0. The topological polar surface area (TPSA) is 43.3 Å². The zero-order valence-corrected chi connectivity index (χ0v) is 12.4. The average Bonchev–Trinajstić information content (AvgIpc) is 2.32. The van der Waals surface area contributed by atoms with E-state index in [1.54, 1.807) is 0 Å². The summed E-state index contributed by atoms with van der Waals surface area (Å²) in [7, 11) is 0. The van der Waals surface area contributed by atoms with Crippen molar-refractivity contribution in [2.45, 2.75) is 77.7 Å². The lowest BCUT2D eigenvalue weighted by molar-refractivity contribution is 0.182. The molecule has 0 aromatic heterocycles. The van der Waals surface area contributed by atoms with Crippen molar-refractivity contribution in [2.24, 2.45) is 0 Å². The molecular formula is C14H30O2S. The number of hydrogen-bond donors (Lipinski definition) is 1. The molecule has 2 nitrogen and oxygen atoms in total. The minimum Gasteiger partial charge on any atom is -0.616 e. The van der Waals surface area contributed by atoms with Gasteiger partial charge in [0.15, 0.2) is 0 Å². The van der Waals surface area contributed by atoms with Gasteiger partial charge in [-0.1, -0.05) is 69.5 Å². The molecule has 0 radical (unpaired) electrons. The van der Waals surface area contributed by atoms with Crippen molar-refractivity contribution in [3.8, 4) is 0 Å². The molecule has 0 spiro atoms. The number of unbranched alkanes of at least 4 members (excludes halogenated alkanes) is 7. The summed E-state index contributed by atoms with van der Waals surface area (Å²) in [4.78, 5) is 0. The molecule has 0 fully saturated rings. The Hall–Kier alpha value is 0.270. The van der Waals surface area contributed by atoms with Crippen molar-refractivity contribution in [3.63, 3.8) is 0 Å². The normalized spacial score (nSPS) is 14.8. The molecule has 0 aliphatic carbocycles. The van der Waals surface area contributed by atoms with Crippen LogP contribution < -0.4 is 0 Å². The van der Waals surface area contributed by atoms with Crippen LogP contribution in [0.1, 0.15) is 71.6 Å². The first kappa shape index (κ1) is 17.3. The van der Waals surface area contributed by atoms with Crippen LogP contribution in [-0.4, -0.2) is 27.3 Å². The molecule has 0 heterocycles. The highest BCUT2D eigenvalue weighted by atomic mass is 32.2. The molecule has 0 saturated carbocycles. The van der Waals surface area contributed by atoms with Crippen LogP contribution in [0.3, 0.4) is 0 Å². The third kappa shape index (κ3) is 12.5. The van der Waals surface area contributed by atoms with Crippen LogP contribution in [0.25, 0.3) is 0 Å². The second-order valence-corrected chi connectivity index (χ2v) is 6.60. The molecule has 0 bridgehead atoms. The first-order valence-corrected chi connectivity index (χ1v) is 8.72. The van der Waals surface area contributed by atoms with Gasteiger partial charge in [-0.2, -0.15) is 0 Å². The first-order valence-electron chi connectivity index (χ1n) is 7.23. The fourth-order valence-electron chi connectivity index (χ4n) is 1.93. The lowest BCUT2D eigenvalue weighted by Crippen LogP contribution is -2.22. The van der Waals surface area contributed by atoms with E-state index in [1.807, 2.05) is 6.92 Å². The first-order chi connectivity index (χ1) is 8.20. The van der Waals surface area contributed by atoms with Crippen molar-refractivity contribution < 1.29 is 9.66 Å². The van der Waals surface area contributed by atoms with Gasteiger partial charge in [0.1, 0.15) is 11.5 Å². The van der Waals surface area contributed by atoms with Crippen molar-refractivity contribution in [2.75, 3.05) is 11.5 Å². The summed E-state index contributed by atoms with van der Waals surface area (Å²) in [6.07, 6.45) is 10.8. The molecule has 0 saturated heterocycles. The fourth-order valence-corrected chi connectivity index (χ4v) is 2.76. The molecule has 0 aromatic carbocycles. The van der Waals surface area contributed by atoms with E-state index in [-0.39, 0.29) is 6.10 Å². The van der Waals surface area contributed by atoms with Crippen molar-refractivity contribution in [1.82, 2.24) is 0 Å². The van der Waals surface area contributed by atoms with Gasteiger partial charge in [0.25, 0.3) is 0 Å². The Bertz CT molecular complexity index is 153. The molecule has 2 unspecified atom stereocenters. The molecule has 0 rings (SSSR count). The minimum absolute atomic E-state index is 0.351. The molecule has 0 aliphatic rings. The summed E-state index contributed by atoms with van der Waals surface area (Å²) >= 11 is -0.820. The molecular weight excluding hydrogens is 232 g/mol. The smallest absolute Gasteiger partial charge is 0.131 e. The zero-order chi connectivity index (χ0) is 12.9. The second kappa shape index (κ2) is 12.7. The van der Waals surface area contributed by atoms with Crippen molar-refractivity contribution in [1.29, 1.82) is 0 Å². The maximum absolute atomic E-state index is 11.2. The van der Waals surface area contributed by atoms with Gasteiger partial charge in [-0.25, -0.2) is 0 Å². The monoisotopic (exact) mass is 262 g/mol. The molecule has 0 aliphatic heterocycles. The Morgan fingerprint density at radius 3 is 2.00 bits per heavy atom. The Labute approximate surface area is 110 Å². The molecule has 3 heteroatoms. The quantitative estimate of drug-likeness (QED) is 0.431. The molecule has 1 N–H and O–H groups in total. The van der Waals surface area contributed by atoms with E-state index in [0.717, 1.165) is 12.8 Å². The highest BCUT2D eigenvalue weighted by Gasteiger charge is 2.11. The standard InChI is InChI=1S/C14H30O2S/c1-3-5-6-7-8-9-10-11-12-14(15)13-17(16)4-2/h14-15H,3-13H2,1-2H3. The van der Waals surface area contributed by atoms with Gasteiger partial charge < -0.3 is 9.66 Å². The Balaban J connectivity index is 3.16. The predicted molar refractivity (Wildman–Crippen MR) is 76.8 cm³/mol. The molecule has 17 heavy (non-hydrogen) atoms. The molecule has 0 aromatic rings. The van der Waals surface area contributed by atoms with Gasteiger partial charge in [0.05, 0.1) is 6.10 Å². The molecule has 2 atom stereocenters. The van der Waals surface area contributed by atoms with Crippen LogP contribution in [0.2, 0.25) is 0 Å². The third-order valence-electron chi connectivity index (χ3n) is 3.09. The van der Waals surface area contributed by atoms with E-state index in [1.165, 1.54) is 44.9 Å². The van der Waals surface area contributed by atoms with Gasteiger partial charge in [0, 0.05) is 0 Å². The van der Waals surface area contributed by atoms with Crippen molar-refractivity contribution in [3.05, 3.63) is 0 Å². The minimum atomic E-state index is -0.820. The fraction of sp³-hybridized carbons (Fsp3) is 1.00. The summed E-state index contributed by atoms with van der Waals surface area (Å²) in [5, 5.41) is 9.63. The number of hydrogen-bond acceptors (Lipinski definition) is 2. The third-order valence-corrected chi connectivity index (χ3v) is 4.49. The Kier molecular flexibility index (Phi) is 12.9. The Morgan fingerprint density at radius 2 is 1.47 bits per heavy atom. The lowest BCUT2D eigenvalue weighted by atomic mass is 10.1. The lowest BCUT2D eigenvalue weighted by Gasteiger charge is -2.13. The van der Waals surface area contributed by atoms with Gasteiger partial charge >= 0.3 is 0 Å². The highest BCUT2D eigenvalue weighted by Crippen LogP contribution is 2.11. The summed E-state index contributed by atoms with van der Waals surface area (Å²) in [5.74, 6) is 1.13. The Morgan fingerprint density at radius 1 is 0.941 bits per heavy atom. The maximum atomic E-state index is 11.2. The van der Waals surface area contributed by atoms with E-state index >= 15 is 0 Å². The average molecular weight is 262 g/mol. The highest BCUT2D eigenvalue weighted by molar-refractivity contribution is 7.91. The number of aliphatic hydroxyl groups excluding tert-OH is 1. The zero-order valence-electron chi connectivity index (χ0n) is 11.6. The summed E-state index contributed by atoms with van der Waals surface area (Å²) < 4.78 is 11.2. The van der Waals surface area contributed by atoms with Crippen LogP contribution >= 0.6 is 0 Å². The van der Waals surface area contributed by atoms with E-state index in [2.05, 4.69) is 6.92 Å². The number of rotatable bonds is 12. The van der Waals surface area contributed by atoms with Crippen LogP contribution in [0.5, 0.6) is 0 Å². The van der Waals surface area contributed by atoms with Gasteiger partial charge in [-0.3, -0.25) is 0 Å². The predicted octanol–water partition coefficient (Wildman–Crippen LogP) is 3.65. The van der Waals surface area contributed by atoms with E-state index in [0.29, 0.717) is 11.5 Å². The van der Waals surface area contributed by atoms with E-state index in [9.17, 15) is 9.66 Å². The van der Waals surface area contributed by atoms with E-state index in [4.69, 9.17) is 0 Å². The van der Waals surface area contributed by atoms with E-state index < -0.39 is 11.2 Å². The second-order valence-electron chi connectivity index (χ2n) is 4.81. The van der Waals surface area contributed by atoms with Gasteiger partial charge in [-0.15, -0.1) is 0 Å². The maximum Gasteiger partial charge on any atom is 0.131 e. The van der Waals surface area contributed by atoms with Crippen LogP contribution in [0, 0.1) is 0 Å². The van der Waals surface area contributed by atoms with Crippen LogP contribution in [-0.2, 0) is 11.2 Å². The van der Waals surface area contributed by atoms with Crippen LogP contribution in [0.4, 0.5) is 0 Å². The van der Waals surface area contributed by atoms with Crippen LogP contribution in [0.15, 0.2) is 0 Å². The van der Waals surface area contributed by atoms with Gasteiger partial charge in [0.2, 0.25) is 0 Å². The summed E-state index contributed by atoms with van der Waals surface area (Å²) in [6, 6.07) is 0. The largest absolute Gasteiger partial charge is 0.616 e.